The second-order valence-electron chi connectivity index (χ2n) is 13.2. The van der Waals surface area contributed by atoms with E-state index in [4.69, 9.17) is 4.74 Å². The Hall–Kier alpha value is -3.96. The van der Waals surface area contributed by atoms with Crippen molar-refractivity contribution in [2.75, 3.05) is 20.3 Å². The molecule has 1 aliphatic heterocycles. The number of hydrogen-bond donors (Lipinski definition) is 0. The van der Waals surface area contributed by atoms with Crippen LogP contribution in [0.2, 0.25) is 0 Å². The molecule has 3 heterocycles. The molecule has 5 nitrogen and oxygen atoms in total. The van der Waals surface area contributed by atoms with Crippen LogP contribution in [0.25, 0.3) is 10.9 Å². The van der Waals surface area contributed by atoms with Crippen LogP contribution in [0, 0.1) is 13.8 Å². The molecule has 3 aromatic rings. The summed E-state index contributed by atoms with van der Waals surface area (Å²) in [5.74, 6) is -0.0903. The average molecular weight is 635 g/mol. The maximum atomic E-state index is 12.6. The van der Waals surface area contributed by atoms with Crippen LogP contribution in [0.3, 0.4) is 0 Å². The molecule has 0 saturated heterocycles. The standard InChI is InChI=1S/C42H56N3O2/c1-5-6-7-8-9-10-11-12-13-14-15-16-17-18-19-20-21-22-42(46)47-34-45(4)30-28-41-39(33-45)38-31-35(2)23-26-40(38)44(41)29-27-37-25-24-36(3)43-32-37/h6-7,9-10,12-13,15-16,18-19,23-26,31-32H,5,8,11,14,17,20-22,27-30,33-34H2,1-4H3/q+1/b7-6-,10-9-,13-12-,16-15-,19-18-. The van der Waals surface area contributed by atoms with E-state index in [0.29, 0.717) is 13.2 Å². The summed E-state index contributed by atoms with van der Waals surface area (Å²) in [5.41, 5.74) is 7.75. The lowest BCUT2D eigenvalue weighted by molar-refractivity contribution is -0.940. The number of carbonyl (C=O) groups excluding carboxylic acids is 1. The monoisotopic (exact) mass is 634 g/mol. The Kier molecular flexibility index (Phi) is 14.5. The molecular weight excluding hydrogens is 578 g/mol. The Morgan fingerprint density at radius 3 is 2.26 bits per heavy atom. The van der Waals surface area contributed by atoms with E-state index < -0.39 is 0 Å². The number of aryl methyl sites for hydroxylation is 4. The van der Waals surface area contributed by atoms with Gasteiger partial charge in [0, 0.05) is 53.4 Å². The molecule has 0 radical (unpaired) electrons. The number of hydrogen-bond acceptors (Lipinski definition) is 3. The molecule has 0 N–H and O–H groups in total. The van der Waals surface area contributed by atoms with Gasteiger partial charge in [0.15, 0.2) is 0 Å². The molecule has 0 aliphatic carbocycles. The van der Waals surface area contributed by atoms with Crippen LogP contribution in [0.5, 0.6) is 0 Å². The number of esters is 1. The summed E-state index contributed by atoms with van der Waals surface area (Å²) in [6, 6.07) is 11.1. The van der Waals surface area contributed by atoms with Gasteiger partial charge < -0.3 is 9.30 Å². The normalized spacial score (nSPS) is 16.9. The van der Waals surface area contributed by atoms with Crippen molar-refractivity contribution in [3.63, 3.8) is 0 Å². The van der Waals surface area contributed by atoms with Crippen LogP contribution in [0.1, 0.15) is 86.4 Å². The van der Waals surface area contributed by atoms with Gasteiger partial charge >= 0.3 is 5.97 Å². The highest BCUT2D eigenvalue weighted by Crippen LogP contribution is 2.34. The number of allylic oxidation sites excluding steroid dienone is 10. The summed E-state index contributed by atoms with van der Waals surface area (Å²) < 4.78 is 9.10. The molecule has 0 spiro atoms. The van der Waals surface area contributed by atoms with Gasteiger partial charge in [0.05, 0.1) is 13.6 Å². The summed E-state index contributed by atoms with van der Waals surface area (Å²) in [5, 5.41) is 1.34. The predicted molar refractivity (Wildman–Crippen MR) is 197 cm³/mol. The highest BCUT2D eigenvalue weighted by molar-refractivity contribution is 5.86. The van der Waals surface area contributed by atoms with Crippen molar-refractivity contribution in [2.45, 2.75) is 98.1 Å². The number of likely N-dealkylation sites (N-methyl/N-ethyl adjacent to an activating group) is 1. The second-order valence-corrected chi connectivity index (χ2v) is 13.2. The van der Waals surface area contributed by atoms with Crippen LogP contribution in [0.4, 0.5) is 0 Å². The summed E-state index contributed by atoms with van der Waals surface area (Å²) in [6.07, 6.45) is 33.2. The topological polar surface area (TPSA) is 44.1 Å². The van der Waals surface area contributed by atoms with Gasteiger partial charge in [-0.1, -0.05) is 85.4 Å². The molecule has 4 rings (SSSR count). The van der Waals surface area contributed by atoms with Gasteiger partial charge in [-0.25, -0.2) is 0 Å². The lowest BCUT2D eigenvalue weighted by atomic mass is 10.0. The number of ether oxygens (including phenoxy) is 1. The van der Waals surface area contributed by atoms with E-state index >= 15 is 0 Å². The van der Waals surface area contributed by atoms with Gasteiger partial charge in [-0.2, -0.15) is 0 Å². The van der Waals surface area contributed by atoms with E-state index in [2.05, 4.69) is 122 Å². The maximum absolute atomic E-state index is 12.6. The third-order valence-corrected chi connectivity index (χ3v) is 8.91. The number of quaternary nitrogens is 1. The molecule has 1 aromatic carbocycles. The molecule has 1 atom stereocenters. The molecule has 47 heavy (non-hydrogen) atoms. The molecule has 1 aliphatic rings. The number of unbranched alkanes of at least 4 members (excludes halogenated alkanes) is 1. The Morgan fingerprint density at radius 1 is 0.915 bits per heavy atom. The first-order chi connectivity index (χ1) is 22.9. The lowest BCUT2D eigenvalue weighted by Gasteiger charge is -2.37. The molecule has 1 unspecified atom stereocenters. The van der Waals surface area contributed by atoms with Gasteiger partial charge in [-0.3, -0.25) is 14.3 Å². The van der Waals surface area contributed by atoms with Gasteiger partial charge in [0.2, 0.25) is 6.73 Å². The first-order valence-corrected chi connectivity index (χ1v) is 17.6. The Balaban J connectivity index is 1.17. The zero-order chi connectivity index (χ0) is 33.3. The zero-order valence-corrected chi connectivity index (χ0v) is 29.3. The fourth-order valence-electron chi connectivity index (χ4n) is 6.18. The van der Waals surface area contributed by atoms with Gasteiger partial charge in [0.1, 0.15) is 6.54 Å². The summed E-state index contributed by atoms with van der Waals surface area (Å²) >= 11 is 0. The van der Waals surface area contributed by atoms with Crippen molar-refractivity contribution in [2.24, 2.45) is 0 Å². The second kappa shape index (κ2) is 19.0. The van der Waals surface area contributed by atoms with E-state index in [-0.39, 0.29) is 5.97 Å². The minimum Gasteiger partial charge on any atom is -0.415 e. The van der Waals surface area contributed by atoms with Crippen LogP contribution < -0.4 is 0 Å². The number of rotatable bonds is 18. The SMILES string of the molecule is CC/C=C\C/C=C\C/C=C\C/C=C\C/C=C\CCCC(=O)OC[N+]1(C)CCc2c(c3cc(C)ccc3n2CCc2ccc(C)nc2)C1. The minimum absolute atomic E-state index is 0.0903. The lowest BCUT2D eigenvalue weighted by Crippen LogP contribution is -2.49. The number of fused-ring (bicyclic) bond motifs is 3. The number of aromatic nitrogens is 2. The summed E-state index contributed by atoms with van der Waals surface area (Å²) in [4.78, 5) is 17.1. The fourth-order valence-corrected chi connectivity index (χ4v) is 6.18. The van der Waals surface area contributed by atoms with Gasteiger partial charge in [0.25, 0.3) is 0 Å². The van der Waals surface area contributed by atoms with Crippen molar-refractivity contribution in [3.8, 4) is 0 Å². The first-order valence-electron chi connectivity index (χ1n) is 17.6. The van der Waals surface area contributed by atoms with Crippen LogP contribution in [-0.2, 0) is 35.5 Å². The molecule has 0 bridgehead atoms. The highest BCUT2D eigenvalue weighted by Gasteiger charge is 2.34. The smallest absolute Gasteiger partial charge is 0.310 e. The highest BCUT2D eigenvalue weighted by atomic mass is 16.5. The van der Waals surface area contributed by atoms with Crippen molar-refractivity contribution < 1.29 is 14.0 Å². The van der Waals surface area contributed by atoms with Gasteiger partial charge in [-0.15, -0.1) is 0 Å². The van der Waals surface area contributed by atoms with Crippen LogP contribution >= 0.6 is 0 Å². The van der Waals surface area contributed by atoms with Crippen LogP contribution in [-0.4, -0.2) is 40.3 Å². The number of pyridine rings is 1. The molecule has 5 heteroatoms. The van der Waals surface area contributed by atoms with E-state index in [1.165, 1.54) is 33.3 Å². The Bertz CT molecular complexity index is 1570. The molecule has 0 saturated carbocycles. The molecule has 2 aromatic heterocycles. The predicted octanol–water partition coefficient (Wildman–Crippen LogP) is 9.82. The Morgan fingerprint density at radius 2 is 1.60 bits per heavy atom. The third-order valence-electron chi connectivity index (χ3n) is 8.91. The molecule has 0 fully saturated rings. The average Bonchev–Trinajstić information content (AvgIpc) is 3.36. The van der Waals surface area contributed by atoms with E-state index in [1.54, 1.807) is 0 Å². The Labute approximate surface area is 283 Å². The zero-order valence-electron chi connectivity index (χ0n) is 29.3. The van der Waals surface area contributed by atoms with Crippen molar-refractivity contribution in [1.82, 2.24) is 9.55 Å². The number of carbonyl (C=O) groups is 1. The largest absolute Gasteiger partial charge is 0.415 e. The fraction of sp³-hybridized carbons (Fsp3) is 0.429. The van der Waals surface area contributed by atoms with Gasteiger partial charge in [-0.05, 0) is 89.0 Å². The molecule has 0 amide bonds. The first kappa shape index (κ1) is 35.9. The number of benzene rings is 1. The van der Waals surface area contributed by atoms with E-state index in [1.807, 2.05) is 13.1 Å². The maximum Gasteiger partial charge on any atom is 0.310 e. The molecule has 250 valence electrons. The summed E-state index contributed by atoms with van der Waals surface area (Å²) in [6.45, 7) is 9.56. The van der Waals surface area contributed by atoms with Crippen molar-refractivity contribution in [3.05, 3.63) is 125 Å². The quantitative estimate of drug-likeness (QED) is 0.0606. The third kappa shape index (κ3) is 11.7. The molecular formula is C42H56N3O2+. The van der Waals surface area contributed by atoms with Crippen molar-refractivity contribution >= 4 is 16.9 Å². The van der Waals surface area contributed by atoms with E-state index in [9.17, 15) is 4.79 Å². The summed E-state index contributed by atoms with van der Waals surface area (Å²) in [7, 11) is 2.23. The van der Waals surface area contributed by atoms with Crippen molar-refractivity contribution in [1.29, 1.82) is 0 Å². The number of nitrogens with zero attached hydrogens (tertiary/aromatic N) is 3. The minimum atomic E-state index is -0.0903. The van der Waals surface area contributed by atoms with Crippen LogP contribution in [0.15, 0.2) is 97.3 Å². The van der Waals surface area contributed by atoms with E-state index in [0.717, 1.165) is 87.6 Å².